The summed E-state index contributed by atoms with van der Waals surface area (Å²) in [5.41, 5.74) is 7.13. The molecule has 1 atom stereocenters. The van der Waals surface area contributed by atoms with Crippen LogP contribution in [0, 0.1) is 0 Å². The van der Waals surface area contributed by atoms with Crippen molar-refractivity contribution in [2.45, 2.75) is 13.0 Å². The standard InChI is InChI=1S/C8H15N3O5/c1-5(12)11-6(8(14)15-2)3-10-16-4-7(9)13/h6,10H,3-4H2,1-2H3,(H2,9,13)(H,11,12). The number of esters is 1. The van der Waals surface area contributed by atoms with E-state index >= 15 is 0 Å². The zero-order chi connectivity index (χ0) is 12.6. The first-order chi connectivity index (χ1) is 7.47. The van der Waals surface area contributed by atoms with Gasteiger partial charge in [-0.25, -0.2) is 4.79 Å². The Kier molecular flexibility index (Phi) is 6.81. The molecule has 16 heavy (non-hydrogen) atoms. The highest BCUT2D eigenvalue weighted by Gasteiger charge is 2.19. The highest BCUT2D eigenvalue weighted by molar-refractivity contribution is 5.83. The second-order valence-electron chi connectivity index (χ2n) is 2.88. The van der Waals surface area contributed by atoms with Crippen molar-refractivity contribution in [3.63, 3.8) is 0 Å². The summed E-state index contributed by atoms with van der Waals surface area (Å²) in [7, 11) is 1.20. The minimum atomic E-state index is -0.879. The Labute approximate surface area is 92.4 Å². The Balaban J connectivity index is 3.97. The van der Waals surface area contributed by atoms with Crippen LogP contribution >= 0.6 is 0 Å². The first-order valence-corrected chi connectivity index (χ1v) is 4.45. The van der Waals surface area contributed by atoms with E-state index < -0.39 is 17.9 Å². The summed E-state index contributed by atoms with van der Waals surface area (Å²) in [4.78, 5) is 36.8. The summed E-state index contributed by atoms with van der Waals surface area (Å²) in [6.07, 6.45) is 0. The van der Waals surface area contributed by atoms with Crippen LogP contribution in [0.2, 0.25) is 0 Å². The highest BCUT2D eigenvalue weighted by Crippen LogP contribution is 1.87. The van der Waals surface area contributed by atoms with E-state index in [9.17, 15) is 14.4 Å². The smallest absolute Gasteiger partial charge is 0.329 e. The third-order valence-electron chi connectivity index (χ3n) is 1.47. The van der Waals surface area contributed by atoms with Gasteiger partial charge in [0, 0.05) is 6.92 Å². The van der Waals surface area contributed by atoms with Crippen LogP contribution in [-0.2, 0) is 24.0 Å². The van der Waals surface area contributed by atoms with E-state index in [0.717, 1.165) is 0 Å². The lowest BCUT2D eigenvalue weighted by molar-refractivity contribution is -0.145. The molecule has 0 heterocycles. The molecule has 0 aliphatic carbocycles. The van der Waals surface area contributed by atoms with Gasteiger partial charge in [0.25, 0.3) is 0 Å². The Hall–Kier alpha value is -1.67. The molecular weight excluding hydrogens is 218 g/mol. The fourth-order valence-electron chi connectivity index (χ4n) is 0.845. The van der Waals surface area contributed by atoms with Crippen molar-refractivity contribution in [1.82, 2.24) is 10.8 Å². The van der Waals surface area contributed by atoms with Crippen LogP contribution in [0.3, 0.4) is 0 Å². The molecule has 0 radical (unpaired) electrons. The van der Waals surface area contributed by atoms with Crippen molar-refractivity contribution < 1.29 is 24.0 Å². The zero-order valence-electron chi connectivity index (χ0n) is 9.11. The maximum Gasteiger partial charge on any atom is 0.329 e. The molecule has 0 aromatic rings. The Morgan fingerprint density at radius 1 is 1.38 bits per heavy atom. The van der Waals surface area contributed by atoms with Crippen molar-refractivity contribution in [3.05, 3.63) is 0 Å². The first kappa shape index (κ1) is 14.3. The number of primary amides is 1. The van der Waals surface area contributed by atoms with Gasteiger partial charge in [-0.15, -0.1) is 0 Å². The maximum absolute atomic E-state index is 11.2. The molecule has 0 bridgehead atoms. The number of nitrogens with one attached hydrogen (secondary N) is 2. The van der Waals surface area contributed by atoms with Gasteiger partial charge in [0.2, 0.25) is 11.8 Å². The summed E-state index contributed by atoms with van der Waals surface area (Å²) in [5, 5.41) is 2.35. The molecule has 0 saturated heterocycles. The van der Waals surface area contributed by atoms with E-state index in [1.807, 2.05) is 0 Å². The van der Waals surface area contributed by atoms with Gasteiger partial charge in [-0.05, 0) is 0 Å². The van der Waals surface area contributed by atoms with Gasteiger partial charge in [0.1, 0.15) is 12.6 Å². The van der Waals surface area contributed by atoms with Crippen LogP contribution in [0.4, 0.5) is 0 Å². The number of amides is 2. The molecule has 1 unspecified atom stereocenters. The molecule has 8 nitrogen and oxygen atoms in total. The lowest BCUT2D eigenvalue weighted by atomic mass is 10.3. The number of hydrogen-bond donors (Lipinski definition) is 3. The Bertz CT molecular complexity index is 268. The average molecular weight is 233 g/mol. The van der Waals surface area contributed by atoms with Crippen LogP contribution in [0.1, 0.15) is 6.92 Å². The molecule has 0 spiro atoms. The predicted octanol–water partition coefficient (Wildman–Crippen LogP) is -2.33. The molecule has 0 aliphatic rings. The minimum Gasteiger partial charge on any atom is -0.467 e. The molecule has 0 rings (SSSR count). The third-order valence-corrected chi connectivity index (χ3v) is 1.47. The third kappa shape index (κ3) is 6.74. The molecular formula is C8H15N3O5. The van der Waals surface area contributed by atoms with Crippen molar-refractivity contribution in [3.8, 4) is 0 Å². The number of carbonyl (C=O) groups excluding carboxylic acids is 3. The molecule has 0 aliphatic heterocycles. The molecule has 0 fully saturated rings. The molecule has 4 N–H and O–H groups in total. The van der Waals surface area contributed by atoms with Crippen molar-refractivity contribution in [2.24, 2.45) is 5.73 Å². The van der Waals surface area contributed by atoms with Crippen LogP contribution in [0.5, 0.6) is 0 Å². The molecule has 8 heteroatoms. The summed E-state index contributed by atoms with van der Waals surface area (Å²) < 4.78 is 4.45. The number of ether oxygens (including phenoxy) is 1. The SMILES string of the molecule is COC(=O)C(CNOCC(N)=O)NC(C)=O. The summed E-state index contributed by atoms with van der Waals surface area (Å²) >= 11 is 0. The normalized spacial score (nSPS) is 11.6. The zero-order valence-corrected chi connectivity index (χ0v) is 9.11. The van der Waals surface area contributed by atoms with E-state index in [1.165, 1.54) is 14.0 Å². The van der Waals surface area contributed by atoms with Gasteiger partial charge >= 0.3 is 5.97 Å². The topological polar surface area (TPSA) is 120 Å². The Morgan fingerprint density at radius 2 is 2.00 bits per heavy atom. The first-order valence-electron chi connectivity index (χ1n) is 4.45. The number of nitrogens with two attached hydrogens (primary N) is 1. The summed E-state index contributed by atoms with van der Waals surface area (Å²) in [6, 6.07) is -0.879. The van der Waals surface area contributed by atoms with Gasteiger partial charge in [0.05, 0.1) is 13.7 Å². The second kappa shape index (κ2) is 7.60. The van der Waals surface area contributed by atoms with E-state index in [4.69, 9.17) is 5.73 Å². The average Bonchev–Trinajstić information content (AvgIpc) is 2.20. The van der Waals surface area contributed by atoms with E-state index in [-0.39, 0.29) is 19.1 Å². The number of rotatable bonds is 7. The number of hydrogen-bond acceptors (Lipinski definition) is 6. The van der Waals surface area contributed by atoms with Crippen LogP contribution < -0.4 is 16.5 Å². The predicted molar refractivity (Wildman–Crippen MR) is 52.8 cm³/mol. The summed E-state index contributed by atoms with van der Waals surface area (Å²) in [6.45, 7) is 0.910. The van der Waals surface area contributed by atoms with Gasteiger partial charge in [-0.2, -0.15) is 5.48 Å². The molecule has 0 saturated carbocycles. The number of methoxy groups -OCH3 is 1. The quantitative estimate of drug-likeness (QED) is 0.258. The highest BCUT2D eigenvalue weighted by atomic mass is 16.6. The fraction of sp³-hybridized carbons (Fsp3) is 0.625. The molecule has 92 valence electrons. The van der Waals surface area contributed by atoms with Crippen LogP contribution in [-0.4, -0.2) is 44.1 Å². The van der Waals surface area contributed by atoms with E-state index in [0.29, 0.717) is 0 Å². The lowest BCUT2D eigenvalue weighted by Gasteiger charge is -2.15. The molecule has 0 aromatic heterocycles. The minimum absolute atomic E-state index is 0.0282. The molecule has 0 aromatic carbocycles. The van der Waals surface area contributed by atoms with Crippen LogP contribution in [0.15, 0.2) is 0 Å². The van der Waals surface area contributed by atoms with Crippen LogP contribution in [0.25, 0.3) is 0 Å². The Morgan fingerprint density at radius 3 is 2.44 bits per heavy atom. The van der Waals surface area contributed by atoms with Crippen molar-refractivity contribution >= 4 is 17.8 Å². The molecule has 2 amide bonds. The van der Waals surface area contributed by atoms with Crippen molar-refractivity contribution in [2.75, 3.05) is 20.3 Å². The van der Waals surface area contributed by atoms with E-state index in [2.05, 4.69) is 20.4 Å². The van der Waals surface area contributed by atoms with Gasteiger partial charge in [-0.1, -0.05) is 0 Å². The van der Waals surface area contributed by atoms with Gasteiger partial charge in [-0.3, -0.25) is 14.4 Å². The largest absolute Gasteiger partial charge is 0.467 e. The number of hydroxylamine groups is 1. The number of carbonyl (C=O) groups is 3. The van der Waals surface area contributed by atoms with E-state index in [1.54, 1.807) is 0 Å². The van der Waals surface area contributed by atoms with Gasteiger partial charge in [0.15, 0.2) is 0 Å². The summed E-state index contributed by atoms with van der Waals surface area (Å²) in [5.74, 6) is -1.65. The maximum atomic E-state index is 11.2. The van der Waals surface area contributed by atoms with Gasteiger partial charge < -0.3 is 15.8 Å². The van der Waals surface area contributed by atoms with Crippen molar-refractivity contribution in [1.29, 1.82) is 0 Å². The second-order valence-corrected chi connectivity index (χ2v) is 2.88. The fourth-order valence-corrected chi connectivity index (χ4v) is 0.845. The lowest BCUT2D eigenvalue weighted by Crippen LogP contribution is -2.47. The monoisotopic (exact) mass is 233 g/mol.